The van der Waals surface area contributed by atoms with E-state index in [0.29, 0.717) is 35.2 Å². The van der Waals surface area contributed by atoms with Gasteiger partial charge in [-0.25, -0.2) is 13.4 Å². The smallest absolute Gasteiger partial charge is 0.265 e. The Labute approximate surface area is 196 Å². The molecule has 1 aliphatic heterocycles. The lowest BCUT2D eigenvalue weighted by Crippen LogP contribution is -2.50. The summed E-state index contributed by atoms with van der Waals surface area (Å²) in [7, 11) is -3.57. The highest BCUT2D eigenvalue weighted by Gasteiger charge is 2.30. The minimum atomic E-state index is -3.57. The Kier molecular flexibility index (Phi) is 5.72. The van der Waals surface area contributed by atoms with Gasteiger partial charge in [0.1, 0.15) is 6.33 Å². The maximum atomic E-state index is 13.0. The number of carbonyl (C=O) groups excluding carboxylic acids is 1. The summed E-state index contributed by atoms with van der Waals surface area (Å²) < 4.78 is 28.5. The fourth-order valence-electron chi connectivity index (χ4n) is 4.07. The second-order valence-corrected chi connectivity index (χ2v) is 9.93. The van der Waals surface area contributed by atoms with E-state index in [4.69, 9.17) is 0 Å². The zero-order valence-electron chi connectivity index (χ0n) is 18.2. The molecule has 0 bridgehead atoms. The van der Waals surface area contributed by atoms with Gasteiger partial charge in [0.2, 0.25) is 10.0 Å². The van der Waals surface area contributed by atoms with Gasteiger partial charge in [-0.2, -0.15) is 4.31 Å². The molecule has 1 aromatic heterocycles. The average molecular weight is 475 g/mol. The molecule has 1 amide bonds. The summed E-state index contributed by atoms with van der Waals surface area (Å²) in [5.41, 5.74) is 1.54. The molecule has 9 heteroatoms. The van der Waals surface area contributed by atoms with Crippen molar-refractivity contribution < 1.29 is 13.2 Å². The first-order valence-electron chi connectivity index (χ1n) is 10.9. The Balaban J connectivity index is 1.29. The molecule has 34 heavy (non-hydrogen) atoms. The fraction of sp³-hybridized carbons (Fsp3) is 0.160. The van der Waals surface area contributed by atoms with Crippen LogP contribution in [0.2, 0.25) is 0 Å². The molecule has 8 nitrogen and oxygen atoms in total. The quantitative estimate of drug-likeness (QED) is 0.453. The first-order valence-corrected chi connectivity index (χ1v) is 12.3. The van der Waals surface area contributed by atoms with E-state index in [0.717, 1.165) is 0 Å². The second-order valence-electron chi connectivity index (χ2n) is 7.99. The molecule has 1 aliphatic rings. The molecule has 5 rings (SSSR count). The van der Waals surface area contributed by atoms with Crippen molar-refractivity contribution in [2.24, 2.45) is 0 Å². The summed E-state index contributed by atoms with van der Waals surface area (Å²) in [5, 5.41) is 0.522. The van der Waals surface area contributed by atoms with E-state index in [2.05, 4.69) is 4.98 Å². The largest absolute Gasteiger partial charge is 0.336 e. The van der Waals surface area contributed by atoms with E-state index in [1.165, 1.54) is 15.2 Å². The molecule has 0 N–H and O–H groups in total. The third kappa shape index (κ3) is 4.00. The molecule has 3 aromatic carbocycles. The van der Waals surface area contributed by atoms with E-state index in [1.807, 2.05) is 6.07 Å². The minimum absolute atomic E-state index is 0.174. The number of rotatable bonds is 4. The van der Waals surface area contributed by atoms with Crippen LogP contribution < -0.4 is 5.56 Å². The van der Waals surface area contributed by atoms with Gasteiger partial charge in [0.25, 0.3) is 11.5 Å². The van der Waals surface area contributed by atoms with Crippen LogP contribution in [0.25, 0.3) is 16.6 Å². The van der Waals surface area contributed by atoms with Crippen LogP contribution in [0.1, 0.15) is 10.4 Å². The summed E-state index contributed by atoms with van der Waals surface area (Å²) in [6.45, 7) is 1.08. The summed E-state index contributed by atoms with van der Waals surface area (Å²) in [6.07, 6.45) is 1.48. The van der Waals surface area contributed by atoms with Crippen molar-refractivity contribution in [3.8, 4) is 5.69 Å². The highest BCUT2D eigenvalue weighted by atomic mass is 32.2. The Hall–Kier alpha value is -3.82. The lowest BCUT2D eigenvalue weighted by atomic mass is 10.1. The van der Waals surface area contributed by atoms with Gasteiger partial charge >= 0.3 is 0 Å². The molecule has 1 saturated heterocycles. The monoisotopic (exact) mass is 474 g/mol. The molecule has 1 fully saturated rings. The first kappa shape index (κ1) is 22.0. The lowest BCUT2D eigenvalue weighted by molar-refractivity contribution is 0.0698. The number of benzene rings is 3. The first-order chi connectivity index (χ1) is 16.4. The van der Waals surface area contributed by atoms with Gasteiger partial charge in [-0.15, -0.1) is 0 Å². The van der Waals surface area contributed by atoms with Crippen LogP contribution in [0.3, 0.4) is 0 Å². The number of aromatic nitrogens is 2. The van der Waals surface area contributed by atoms with Crippen molar-refractivity contribution in [2.75, 3.05) is 26.2 Å². The van der Waals surface area contributed by atoms with Crippen molar-refractivity contribution in [3.05, 3.63) is 101 Å². The van der Waals surface area contributed by atoms with Crippen LogP contribution >= 0.6 is 0 Å². The Morgan fingerprint density at radius 2 is 1.44 bits per heavy atom. The third-order valence-corrected chi connectivity index (χ3v) is 7.88. The van der Waals surface area contributed by atoms with Crippen LogP contribution in [0.5, 0.6) is 0 Å². The molecule has 2 heterocycles. The highest BCUT2D eigenvalue weighted by Crippen LogP contribution is 2.19. The van der Waals surface area contributed by atoms with Crippen LogP contribution in [-0.2, 0) is 10.0 Å². The number of hydrogen-bond donors (Lipinski definition) is 0. The summed E-state index contributed by atoms with van der Waals surface area (Å²) in [6, 6.07) is 22.2. The van der Waals surface area contributed by atoms with Crippen LogP contribution in [0.4, 0.5) is 0 Å². The maximum Gasteiger partial charge on any atom is 0.265 e. The lowest BCUT2D eigenvalue weighted by Gasteiger charge is -2.34. The zero-order chi connectivity index (χ0) is 23.7. The molecule has 172 valence electrons. The second kappa shape index (κ2) is 8.85. The molecule has 4 aromatic rings. The molecule has 0 saturated carbocycles. The van der Waals surface area contributed by atoms with Gasteiger partial charge in [-0.1, -0.05) is 30.3 Å². The Morgan fingerprint density at radius 1 is 0.794 bits per heavy atom. The summed E-state index contributed by atoms with van der Waals surface area (Å²) in [5.74, 6) is -0.174. The number of nitrogens with zero attached hydrogens (tertiary/aromatic N) is 4. The molecule has 0 radical (unpaired) electrons. The highest BCUT2D eigenvalue weighted by molar-refractivity contribution is 7.89. The third-order valence-electron chi connectivity index (χ3n) is 5.96. The summed E-state index contributed by atoms with van der Waals surface area (Å²) in [4.78, 5) is 32.0. The van der Waals surface area contributed by atoms with Crippen molar-refractivity contribution in [1.82, 2.24) is 18.8 Å². The van der Waals surface area contributed by atoms with Crippen LogP contribution in [0.15, 0.2) is 94.9 Å². The van der Waals surface area contributed by atoms with E-state index < -0.39 is 10.0 Å². The normalized spacial score (nSPS) is 14.9. The van der Waals surface area contributed by atoms with Gasteiger partial charge in [-0.3, -0.25) is 14.2 Å². The molecule has 0 unspecified atom stereocenters. The topological polar surface area (TPSA) is 92.6 Å². The van der Waals surface area contributed by atoms with Crippen LogP contribution in [0, 0.1) is 0 Å². The fourth-order valence-corrected chi connectivity index (χ4v) is 5.52. The predicted molar refractivity (Wildman–Crippen MR) is 128 cm³/mol. The van der Waals surface area contributed by atoms with Gasteiger partial charge in [-0.05, 0) is 48.5 Å². The number of fused-ring (bicyclic) bond motifs is 1. The van der Waals surface area contributed by atoms with E-state index >= 15 is 0 Å². The SMILES string of the molecule is O=C(c1ccc(-n2cnc3ccccc3c2=O)cc1)N1CCN(S(=O)(=O)c2ccccc2)CC1. The Bertz CT molecular complexity index is 1510. The zero-order valence-corrected chi connectivity index (χ0v) is 19.1. The van der Waals surface area contributed by atoms with Gasteiger partial charge < -0.3 is 4.90 Å². The minimum Gasteiger partial charge on any atom is -0.336 e. The maximum absolute atomic E-state index is 13.0. The van der Waals surface area contributed by atoms with E-state index in [-0.39, 0.29) is 29.5 Å². The van der Waals surface area contributed by atoms with E-state index in [1.54, 1.807) is 77.7 Å². The number of para-hydroxylation sites is 1. The number of amides is 1. The molecular weight excluding hydrogens is 452 g/mol. The number of carbonyl (C=O) groups is 1. The summed E-state index contributed by atoms with van der Waals surface area (Å²) >= 11 is 0. The van der Waals surface area contributed by atoms with E-state index in [9.17, 15) is 18.0 Å². The molecule has 0 aliphatic carbocycles. The van der Waals surface area contributed by atoms with Crippen molar-refractivity contribution in [3.63, 3.8) is 0 Å². The number of sulfonamides is 1. The number of hydrogen-bond acceptors (Lipinski definition) is 5. The standard InChI is InChI=1S/C25H22N4O4S/c30-24(27-14-16-28(17-15-27)34(32,33)21-6-2-1-3-7-21)19-10-12-20(13-11-19)29-18-26-23-9-5-4-8-22(23)25(29)31/h1-13,18H,14-17H2. The number of piperazine rings is 1. The van der Waals surface area contributed by atoms with Crippen molar-refractivity contribution in [2.45, 2.75) is 4.90 Å². The van der Waals surface area contributed by atoms with Gasteiger partial charge in [0.05, 0.1) is 21.5 Å². The molecule has 0 spiro atoms. The van der Waals surface area contributed by atoms with Gasteiger partial charge in [0.15, 0.2) is 0 Å². The molecular formula is C25H22N4O4S. The van der Waals surface area contributed by atoms with Crippen LogP contribution in [-0.4, -0.2) is 59.3 Å². The Morgan fingerprint density at radius 3 is 2.15 bits per heavy atom. The predicted octanol–water partition coefficient (Wildman–Crippen LogP) is 2.53. The molecule has 0 atom stereocenters. The van der Waals surface area contributed by atoms with Crippen molar-refractivity contribution >= 4 is 26.8 Å². The average Bonchev–Trinajstić information content (AvgIpc) is 2.89. The van der Waals surface area contributed by atoms with Gasteiger partial charge in [0, 0.05) is 31.7 Å². The van der Waals surface area contributed by atoms with Crippen molar-refractivity contribution in [1.29, 1.82) is 0 Å².